The molecule has 3 rings (SSSR count). The fourth-order valence-corrected chi connectivity index (χ4v) is 4.00. The third-order valence-electron chi connectivity index (χ3n) is 3.90. The van der Waals surface area contributed by atoms with Crippen LogP contribution < -0.4 is 4.74 Å². The van der Waals surface area contributed by atoms with Gasteiger partial charge in [0.15, 0.2) is 0 Å². The van der Waals surface area contributed by atoms with Gasteiger partial charge in [0.2, 0.25) is 0 Å². The van der Waals surface area contributed by atoms with Crippen LogP contribution >= 0.6 is 24.0 Å². The number of thioether (sulfide) groups is 1. The van der Waals surface area contributed by atoms with Gasteiger partial charge in [-0.25, -0.2) is 0 Å². The molecule has 130 valence electrons. The zero-order valence-corrected chi connectivity index (χ0v) is 15.8. The molecule has 0 radical (unpaired) electrons. The van der Waals surface area contributed by atoms with Crippen molar-refractivity contribution in [2.24, 2.45) is 0 Å². The molecule has 1 aliphatic rings. The minimum absolute atomic E-state index is 0.0811. The van der Waals surface area contributed by atoms with Crippen LogP contribution in [0.4, 0.5) is 0 Å². The van der Waals surface area contributed by atoms with E-state index in [2.05, 4.69) is 0 Å². The van der Waals surface area contributed by atoms with Crippen molar-refractivity contribution in [1.29, 1.82) is 0 Å². The Morgan fingerprint density at radius 1 is 1.24 bits per heavy atom. The van der Waals surface area contributed by atoms with Crippen molar-refractivity contribution in [1.82, 2.24) is 4.90 Å². The van der Waals surface area contributed by atoms with Crippen molar-refractivity contribution in [3.05, 3.63) is 46.9 Å². The van der Waals surface area contributed by atoms with E-state index in [4.69, 9.17) is 21.7 Å². The van der Waals surface area contributed by atoms with Gasteiger partial charge >= 0.3 is 0 Å². The first-order chi connectivity index (χ1) is 12.2. The van der Waals surface area contributed by atoms with Crippen LogP contribution in [0.15, 0.2) is 41.3 Å². The molecule has 0 N–H and O–H groups in total. The summed E-state index contributed by atoms with van der Waals surface area (Å²) in [6.07, 6.45) is 1.89. The number of benzene rings is 2. The summed E-state index contributed by atoms with van der Waals surface area (Å²) in [4.78, 5) is 14.9. The van der Waals surface area contributed by atoms with Gasteiger partial charge in [-0.3, -0.25) is 9.69 Å². The predicted molar refractivity (Wildman–Crippen MR) is 107 cm³/mol. The van der Waals surface area contributed by atoms with Crippen LogP contribution in [0.25, 0.3) is 16.8 Å². The molecule has 0 aliphatic carbocycles. The molecule has 2 aromatic carbocycles. The summed E-state index contributed by atoms with van der Waals surface area (Å²) in [7, 11) is 1.61. The van der Waals surface area contributed by atoms with E-state index in [0.29, 0.717) is 29.0 Å². The minimum atomic E-state index is -0.0811. The van der Waals surface area contributed by atoms with Crippen molar-refractivity contribution in [3.63, 3.8) is 0 Å². The first-order valence-electron chi connectivity index (χ1n) is 8.04. The molecule has 0 aromatic heterocycles. The highest BCUT2D eigenvalue weighted by Gasteiger charge is 2.32. The van der Waals surface area contributed by atoms with Gasteiger partial charge < -0.3 is 9.47 Å². The van der Waals surface area contributed by atoms with Crippen LogP contribution in [-0.4, -0.2) is 42.0 Å². The van der Waals surface area contributed by atoms with E-state index in [-0.39, 0.29) is 5.91 Å². The van der Waals surface area contributed by atoms with E-state index < -0.39 is 0 Å². The highest BCUT2D eigenvalue weighted by atomic mass is 32.2. The highest BCUT2D eigenvalue weighted by Crippen LogP contribution is 2.36. The zero-order chi connectivity index (χ0) is 17.8. The van der Waals surface area contributed by atoms with Gasteiger partial charge in [-0.05, 0) is 29.8 Å². The van der Waals surface area contributed by atoms with Gasteiger partial charge in [0.05, 0.1) is 24.7 Å². The van der Waals surface area contributed by atoms with Crippen molar-refractivity contribution in [2.45, 2.75) is 6.92 Å². The van der Waals surface area contributed by atoms with Gasteiger partial charge in [-0.1, -0.05) is 54.3 Å². The second kappa shape index (κ2) is 7.99. The quantitative estimate of drug-likeness (QED) is 0.563. The number of fused-ring (bicyclic) bond motifs is 1. The van der Waals surface area contributed by atoms with Crippen LogP contribution in [0.5, 0.6) is 5.75 Å². The van der Waals surface area contributed by atoms with E-state index in [9.17, 15) is 4.79 Å². The highest BCUT2D eigenvalue weighted by molar-refractivity contribution is 8.26. The molecule has 6 heteroatoms. The average molecular weight is 373 g/mol. The number of hydrogen-bond donors (Lipinski definition) is 0. The Labute approximate surface area is 156 Å². The second-order valence-corrected chi connectivity index (χ2v) is 7.13. The van der Waals surface area contributed by atoms with Crippen LogP contribution in [0.1, 0.15) is 12.5 Å². The number of rotatable bonds is 6. The molecule has 4 nitrogen and oxygen atoms in total. The van der Waals surface area contributed by atoms with Gasteiger partial charge in [-0.2, -0.15) is 0 Å². The topological polar surface area (TPSA) is 38.8 Å². The smallest absolute Gasteiger partial charge is 0.266 e. The lowest BCUT2D eigenvalue weighted by Crippen LogP contribution is -2.31. The summed E-state index contributed by atoms with van der Waals surface area (Å²) in [6.45, 7) is 3.43. The third kappa shape index (κ3) is 3.71. The maximum Gasteiger partial charge on any atom is 0.266 e. The van der Waals surface area contributed by atoms with Crippen LogP contribution in [0.3, 0.4) is 0 Å². The van der Waals surface area contributed by atoms with E-state index in [1.807, 2.05) is 49.4 Å². The van der Waals surface area contributed by atoms with Crippen LogP contribution in [-0.2, 0) is 9.53 Å². The second-order valence-electron chi connectivity index (χ2n) is 5.46. The van der Waals surface area contributed by atoms with Crippen LogP contribution in [0, 0.1) is 0 Å². The lowest BCUT2D eigenvalue weighted by atomic mass is 10.0. The first kappa shape index (κ1) is 17.9. The lowest BCUT2D eigenvalue weighted by molar-refractivity contribution is -0.122. The fraction of sp³-hybridized carbons (Fsp3) is 0.263. The van der Waals surface area contributed by atoms with E-state index in [1.165, 1.54) is 11.8 Å². The Hall–Kier alpha value is -1.89. The lowest BCUT2D eigenvalue weighted by Gasteiger charge is -2.13. The molecule has 0 spiro atoms. The fourth-order valence-electron chi connectivity index (χ4n) is 2.71. The molecule has 1 amide bonds. The van der Waals surface area contributed by atoms with E-state index >= 15 is 0 Å². The number of hydrogen-bond acceptors (Lipinski definition) is 5. The van der Waals surface area contributed by atoms with Gasteiger partial charge in [-0.15, -0.1) is 0 Å². The summed E-state index contributed by atoms with van der Waals surface area (Å²) < 4.78 is 11.4. The maximum atomic E-state index is 12.7. The SMILES string of the molecule is CCOc1ccc2ccccc2c1/C=C1/SC(=S)N(CCOC)C1=O. The standard InChI is InChI=1S/C19H19NO3S2/c1-3-23-16-9-8-13-6-4-5-7-14(13)15(16)12-17-18(21)20(10-11-22-2)19(24)25-17/h4-9,12H,3,10-11H2,1-2H3/b17-12+. The molecular weight excluding hydrogens is 354 g/mol. The molecule has 1 fully saturated rings. The number of nitrogens with zero attached hydrogens (tertiary/aromatic N) is 1. The normalized spacial score (nSPS) is 16.2. The van der Waals surface area contributed by atoms with Crippen molar-refractivity contribution >= 4 is 51.1 Å². The maximum absolute atomic E-state index is 12.7. The van der Waals surface area contributed by atoms with Gasteiger partial charge in [0.25, 0.3) is 5.91 Å². The number of amides is 1. The Balaban J connectivity index is 2.04. The molecule has 1 aliphatic heterocycles. The van der Waals surface area contributed by atoms with Crippen LogP contribution in [0.2, 0.25) is 0 Å². The Kier molecular flexibility index (Phi) is 5.73. The summed E-state index contributed by atoms with van der Waals surface area (Å²) >= 11 is 6.66. The Morgan fingerprint density at radius 3 is 2.80 bits per heavy atom. The third-order valence-corrected chi connectivity index (χ3v) is 5.28. The van der Waals surface area contributed by atoms with Crippen molar-refractivity contribution in [2.75, 3.05) is 26.9 Å². The van der Waals surface area contributed by atoms with Crippen molar-refractivity contribution < 1.29 is 14.3 Å². The van der Waals surface area contributed by atoms with E-state index in [0.717, 1.165) is 22.1 Å². The number of carbonyl (C=O) groups excluding carboxylic acids is 1. The largest absolute Gasteiger partial charge is 0.493 e. The number of thiocarbonyl (C=S) groups is 1. The molecule has 1 saturated heterocycles. The first-order valence-corrected chi connectivity index (χ1v) is 9.27. The monoisotopic (exact) mass is 373 g/mol. The molecule has 25 heavy (non-hydrogen) atoms. The van der Waals surface area contributed by atoms with Gasteiger partial charge in [0, 0.05) is 12.7 Å². The minimum Gasteiger partial charge on any atom is -0.493 e. The predicted octanol–water partition coefficient (Wildman–Crippen LogP) is 4.09. The van der Waals surface area contributed by atoms with E-state index in [1.54, 1.807) is 12.0 Å². The average Bonchev–Trinajstić information content (AvgIpc) is 2.88. The molecule has 2 aromatic rings. The van der Waals surface area contributed by atoms with Crippen molar-refractivity contribution in [3.8, 4) is 5.75 Å². The molecule has 1 heterocycles. The Morgan fingerprint density at radius 2 is 2.04 bits per heavy atom. The van der Waals surface area contributed by atoms with Gasteiger partial charge in [0.1, 0.15) is 10.1 Å². The molecular formula is C19H19NO3S2. The Bertz CT molecular complexity index is 848. The molecule has 0 atom stereocenters. The summed E-state index contributed by atoms with van der Waals surface area (Å²) in [5.41, 5.74) is 0.909. The molecule has 0 bridgehead atoms. The molecule has 0 saturated carbocycles. The zero-order valence-electron chi connectivity index (χ0n) is 14.2. The summed E-state index contributed by atoms with van der Waals surface area (Å²) in [6, 6.07) is 12.0. The summed E-state index contributed by atoms with van der Waals surface area (Å²) in [5.74, 6) is 0.686. The number of methoxy groups -OCH3 is 1. The molecule has 0 unspecified atom stereocenters. The number of ether oxygens (including phenoxy) is 2. The number of carbonyl (C=O) groups is 1. The summed E-state index contributed by atoms with van der Waals surface area (Å²) in [5, 5.41) is 2.16.